The van der Waals surface area contributed by atoms with Crippen molar-refractivity contribution in [1.29, 1.82) is 0 Å². The summed E-state index contributed by atoms with van der Waals surface area (Å²) in [5.74, 6) is 0.938. The highest BCUT2D eigenvalue weighted by atomic mass is 32.2. The molecule has 1 unspecified atom stereocenters. The van der Waals surface area contributed by atoms with E-state index in [1.807, 2.05) is 32.2 Å². The first-order valence-corrected chi connectivity index (χ1v) is 9.65. The minimum Gasteiger partial charge on any atom is -0.326 e. The first kappa shape index (κ1) is 17.5. The van der Waals surface area contributed by atoms with E-state index in [0.29, 0.717) is 17.9 Å². The van der Waals surface area contributed by atoms with Gasteiger partial charge in [0, 0.05) is 12.6 Å². The Morgan fingerprint density at radius 3 is 2.65 bits per heavy atom. The van der Waals surface area contributed by atoms with Crippen LogP contribution in [0.25, 0.3) is 0 Å². The third-order valence-corrected chi connectivity index (χ3v) is 5.46. The SMILES string of the molecule is CCc1ccc(CN)cc1S(=O)(=O)NC(C)CCSC. The number of hydrogen-bond donors (Lipinski definition) is 2. The molecule has 4 nitrogen and oxygen atoms in total. The Morgan fingerprint density at radius 2 is 2.10 bits per heavy atom. The second kappa shape index (κ2) is 8.02. The van der Waals surface area contributed by atoms with Crippen molar-refractivity contribution in [3.05, 3.63) is 29.3 Å². The Morgan fingerprint density at radius 1 is 1.40 bits per heavy atom. The summed E-state index contributed by atoms with van der Waals surface area (Å²) in [7, 11) is -3.48. The van der Waals surface area contributed by atoms with Gasteiger partial charge in [0.05, 0.1) is 4.90 Å². The molecule has 114 valence electrons. The molecule has 0 aliphatic heterocycles. The lowest BCUT2D eigenvalue weighted by Crippen LogP contribution is -2.33. The number of thioether (sulfide) groups is 1. The Hall–Kier alpha value is -0.560. The van der Waals surface area contributed by atoms with Crippen LogP contribution in [0.2, 0.25) is 0 Å². The van der Waals surface area contributed by atoms with Gasteiger partial charge in [0.25, 0.3) is 0 Å². The number of rotatable bonds is 8. The van der Waals surface area contributed by atoms with E-state index in [-0.39, 0.29) is 6.04 Å². The lowest BCUT2D eigenvalue weighted by atomic mass is 10.1. The molecule has 0 aliphatic carbocycles. The van der Waals surface area contributed by atoms with Gasteiger partial charge in [0.15, 0.2) is 0 Å². The molecule has 6 heteroatoms. The van der Waals surface area contributed by atoms with Crippen molar-refractivity contribution in [3.63, 3.8) is 0 Å². The van der Waals surface area contributed by atoms with E-state index in [1.54, 1.807) is 17.8 Å². The summed E-state index contributed by atoms with van der Waals surface area (Å²) in [6.45, 7) is 4.19. The van der Waals surface area contributed by atoms with E-state index >= 15 is 0 Å². The Balaban J connectivity index is 3.01. The van der Waals surface area contributed by atoms with Crippen LogP contribution in [0.5, 0.6) is 0 Å². The van der Waals surface area contributed by atoms with Crippen LogP contribution in [0, 0.1) is 0 Å². The summed E-state index contributed by atoms with van der Waals surface area (Å²) in [6, 6.07) is 5.35. The minimum atomic E-state index is -3.48. The Kier molecular flexibility index (Phi) is 7.02. The molecule has 1 aromatic rings. The highest BCUT2D eigenvalue weighted by Crippen LogP contribution is 2.19. The van der Waals surface area contributed by atoms with Crippen LogP contribution in [-0.4, -0.2) is 26.5 Å². The van der Waals surface area contributed by atoms with Crippen molar-refractivity contribution in [1.82, 2.24) is 4.72 Å². The van der Waals surface area contributed by atoms with E-state index in [0.717, 1.165) is 23.3 Å². The molecule has 1 atom stereocenters. The monoisotopic (exact) mass is 316 g/mol. The minimum absolute atomic E-state index is 0.0707. The second-order valence-corrected chi connectivity index (χ2v) is 7.47. The molecule has 3 N–H and O–H groups in total. The predicted molar refractivity (Wildman–Crippen MR) is 86.5 cm³/mol. The molecule has 0 amide bonds. The number of sulfonamides is 1. The van der Waals surface area contributed by atoms with Crippen molar-refractivity contribution < 1.29 is 8.42 Å². The molecule has 0 saturated carbocycles. The van der Waals surface area contributed by atoms with Crippen LogP contribution in [0.15, 0.2) is 23.1 Å². The highest BCUT2D eigenvalue weighted by Gasteiger charge is 2.20. The van der Waals surface area contributed by atoms with Gasteiger partial charge in [-0.2, -0.15) is 11.8 Å². The molecular weight excluding hydrogens is 292 g/mol. The maximum atomic E-state index is 12.5. The lowest BCUT2D eigenvalue weighted by Gasteiger charge is -2.16. The standard InChI is InChI=1S/C14H24N2O2S2/c1-4-13-6-5-12(10-15)9-14(13)20(17,18)16-11(2)7-8-19-3/h5-6,9,11,16H,4,7-8,10,15H2,1-3H3. The van der Waals surface area contributed by atoms with E-state index in [2.05, 4.69) is 4.72 Å². The molecule has 1 aromatic carbocycles. The molecule has 0 spiro atoms. The number of aryl methyl sites for hydroxylation is 1. The van der Waals surface area contributed by atoms with E-state index in [1.165, 1.54) is 0 Å². The molecule has 0 saturated heterocycles. The third kappa shape index (κ3) is 4.77. The topological polar surface area (TPSA) is 72.2 Å². The zero-order chi connectivity index (χ0) is 15.2. The first-order valence-electron chi connectivity index (χ1n) is 6.77. The van der Waals surface area contributed by atoms with Crippen molar-refractivity contribution >= 4 is 21.8 Å². The summed E-state index contributed by atoms with van der Waals surface area (Å²) in [6.07, 6.45) is 3.51. The molecule has 0 radical (unpaired) electrons. The average molecular weight is 316 g/mol. The number of nitrogens with one attached hydrogen (secondary N) is 1. The maximum Gasteiger partial charge on any atom is 0.241 e. The summed E-state index contributed by atoms with van der Waals surface area (Å²) in [4.78, 5) is 0.360. The Bertz CT molecular complexity index is 530. The predicted octanol–water partition coefficient (Wildman–Crippen LogP) is 2.13. The van der Waals surface area contributed by atoms with Gasteiger partial charge in [-0.05, 0) is 49.0 Å². The molecule has 0 aliphatic rings. The first-order chi connectivity index (χ1) is 9.44. The molecule has 0 bridgehead atoms. The number of hydrogen-bond acceptors (Lipinski definition) is 4. The number of nitrogens with two attached hydrogens (primary N) is 1. The molecule has 20 heavy (non-hydrogen) atoms. The molecule has 0 aromatic heterocycles. The fraction of sp³-hybridized carbons (Fsp3) is 0.571. The highest BCUT2D eigenvalue weighted by molar-refractivity contribution is 7.98. The van der Waals surface area contributed by atoms with Gasteiger partial charge in [-0.15, -0.1) is 0 Å². The van der Waals surface area contributed by atoms with Crippen molar-refractivity contribution in [2.45, 2.75) is 44.2 Å². The fourth-order valence-electron chi connectivity index (χ4n) is 1.95. The second-order valence-electron chi connectivity index (χ2n) is 4.80. The third-order valence-electron chi connectivity index (χ3n) is 3.15. The molecular formula is C14H24N2O2S2. The van der Waals surface area contributed by atoms with Crippen LogP contribution in [0.4, 0.5) is 0 Å². The molecule has 1 rings (SSSR count). The van der Waals surface area contributed by atoms with Gasteiger partial charge in [-0.25, -0.2) is 13.1 Å². The lowest BCUT2D eigenvalue weighted by molar-refractivity contribution is 0.556. The van der Waals surface area contributed by atoms with Crippen LogP contribution in [0.1, 0.15) is 31.4 Å². The zero-order valence-electron chi connectivity index (χ0n) is 12.3. The van der Waals surface area contributed by atoms with E-state index in [4.69, 9.17) is 5.73 Å². The molecule has 0 heterocycles. The van der Waals surface area contributed by atoms with Crippen molar-refractivity contribution in [2.75, 3.05) is 12.0 Å². The van der Waals surface area contributed by atoms with Gasteiger partial charge in [-0.3, -0.25) is 0 Å². The van der Waals surface area contributed by atoms with Gasteiger partial charge in [-0.1, -0.05) is 19.1 Å². The van der Waals surface area contributed by atoms with E-state index in [9.17, 15) is 8.42 Å². The van der Waals surface area contributed by atoms with Crippen molar-refractivity contribution in [3.8, 4) is 0 Å². The Labute approximate surface area is 126 Å². The van der Waals surface area contributed by atoms with E-state index < -0.39 is 10.0 Å². The largest absolute Gasteiger partial charge is 0.326 e. The quantitative estimate of drug-likeness (QED) is 0.770. The van der Waals surface area contributed by atoms with Gasteiger partial charge >= 0.3 is 0 Å². The smallest absolute Gasteiger partial charge is 0.241 e. The summed E-state index contributed by atoms with van der Waals surface area (Å²) >= 11 is 1.71. The zero-order valence-corrected chi connectivity index (χ0v) is 14.0. The number of benzene rings is 1. The fourth-order valence-corrected chi connectivity index (χ4v) is 4.18. The van der Waals surface area contributed by atoms with Gasteiger partial charge in [0.1, 0.15) is 0 Å². The van der Waals surface area contributed by atoms with Gasteiger partial charge < -0.3 is 5.73 Å². The van der Waals surface area contributed by atoms with Crippen molar-refractivity contribution in [2.24, 2.45) is 5.73 Å². The molecule has 0 fully saturated rings. The van der Waals surface area contributed by atoms with Gasteiger partial charge in [0.2, 0.25) is 10.0 Å². The maximum absolute atomic E-state index is 12.5. The van der Waals surface area contributed by atoms with Crippen LogP contribution in [-0.2, 0) is 23.0 Å². The average Bonchev–Trinajstić information content (AvgIpc) is 2.43. The summed E-state index contributed by atoms with van der Waals surface area (Å²) < 4.78 is 27.7. The van der Waals surface area contributed by atoms with Crippen LogP contribution < -0.4 is 10.5 Å². The van der Waals surface area contributed by atoms with Crippen LogP contribution >= 0.6 is 11.8 Å². The summed E-state index contributed by atoms with van der Waals surface area (Å²) in [5, 5.41) is 0. The normalized spacial score (nSPS) is 13.4. The van der Waals surface area contributed by atoms with Crippen LogP contribution in [0.3, 0.4) is 0 Å². The summed E-state index contributed by atoms with van der Waals surface area (Å²) in [5.41, 5.74) is 7.26.